The van der Waals surface area contributed by atoms with E-state index < -0.39 is 0 Å². The Bertz CT molecular complexity index is 254. The Morgan fingerprint density at radius 1 is 1.16 bits per heavy atom. The molecule has 0 aliphatic carbocycles. The average molecular weight is 269 g/mol. The third kappa shape index (κ3) is 5.03. The van der Waals surface area contributed by atoms with Crippen LogP contribution in [0.25, 0.3) is 0 Å². The van der Waals surface area contributed by atoms with Crippen molar-refractivity contribution in [2.24, 2.45) is 5.92 Å². The molecule has 0 aromatic rings. The van der Waals surface area contributed by atoms with Gasteiger partial charge in [-0.25, -0.2) is 0 Å². The lowest BCUT2D eigenvalue weighted by atomic mass is 10.1. The molecule has 2 unspecified atom stereocenters. The molecule has 2 saturated heterocycles. The van der Waals surface area contributed by atoms with Gasteiger partial charge < -0.3 is 10.1 Å². The first-order valence-electron chi connectivity index (χ1n) is 7.92. The highest BCUT2D eigenvalue weighted by molar-refractivity contribution is 4.83. The number of morpholine rings is 1. The van der Waals surface area contributed by atoms with E-state index in [9.17, 15) is 0 Å². The molecular weight excluding hydrogens is 238 g/mol. The molecule has 2 aliphatic heterocycles. The van der Waals surface area contributed by atoms with Crippen molar-refractivity contribution in [3.63, 3.8) is 0 Å². The summed E-state index contributed by atoms with van der Waals surface area (Å²) < 4.78 is 5.41. The molecule has 1 N–H and O–H groups in total. The molecule has 2 aliphatic rings. The third-order valence-corrected chi connectivity index (χ3v) is 4.38. The van der Waals surface area contributed by atoms with E-state index >= 15 is 0 Å². The van der Waals surface area contributed by atoms with Gasteiger partial charge in [-0.05, 0) is 32.4 Å². The highest BCUT2D eigenvalue weighted by Crippen LogP contribution is 2.18. The summed E-state index contributed by atoms with van der Waals surface area (Å²) in [6.07, 6.45) is 1.35. The van der Waals surface area contributed by atoms with Crippen molar-refractivity contribution in [3.05, 3.63) is 0 Å². The molecule has 4 nitrogen and oxygen atoms in total. The fourth-order valence-electron chi connectivity index (χ4n) is 3.10. The van der Waals surface area contributed by atoms with Crippen LogP contribution in [0.3, 0.4) is 0 Å². The van der Waals surface area contributed by atoms with Crippen molar-refractivity contribution >= 4 is 0 Å². The standard InChI is InChI=1S/C15H31N3O/c1-13(2)16-10-15-4-5-18(12-15)14(3)11-17-6-8-19-9-7-17/h13-16H,4-12H2,1-3H3. The summed E-state index contributed by atoms with van der Waals surface area (Å²) in [5, 5.41) is 3.57. The van der Waals surface area contributed by atoms with E-state index in [-0.39, 0.29) is 0 Å². The van der Waals surface area contributed by atoms with Crippen LogP contribution in [0.15, 0.2) is 0 Å². The molecule has 2 fully saturated rings. The van der Waals surface area contributed by atoms with Gasteiger partial charge in [0, 0.05) is 38.3 Å². The molecule has 2 rings (SSSR count). The van der Waals surface area contributed by atoms with Crippen LogP contribution < -0.4 is 5.32 Å². The summed E-state index contributed by atoms with van der Waals surface area (Å²) in [5.41, 5.74) is 0. The second kappa shape index (κ2) is 7.58. The van der Waals surface area contributed by atoms with Gasteiger partial charge in [-0.1, -0.05) is 13.8 Å². The van der Waals surface area contributed by atoms with Crippen LogP contribution in [0.4, 0.5) is 0 Å². The van der Waals surface area contributed by atoms with Gasteiger partial charge in [0.2, 0.25) is 0 Å². The van der Waals surface area contributed by atoms with Crippen LogP contribution >= 0.6 is 0 Å². The van der Waals surface area contributed by atoms with Gasteiger partial charge in [0.05, 0.1) is 13.2 Å². The Labute approximate surface area is 118 Å². The second-order valence-corrected chi connectivity index (χ2v) is 6.47. The smallest absolute Gasteiger partial charge is 0.0594 e. The first kappa shape index (κ1) is 15.2. The van der Waals surface area contributed by atoms with Crippen LogP contribution in [-0.2, 0) is 4.74 Å². The predicted molar refractivity (Wildman–Crippen MR) is 79.5 cm³/mol. The zero-order valence-electron chi connectivity index (χ0n) is 12.9. The third-order valence-electron chi connectivity index (χ3n) is 4.38. The SMILES string of the molecule is CC(C)NCC1CCN(C(C)CN2CCOCC2)C1. The molecule has 0 aromatic carbocycles. The topological polar surface area (TPSA) is 27.7 Å². The number of hydrogen-bond acceptors (Lipinski definition) is 4. The molecule has 19 heavy (non-hydrogen) atoms. The highest BCUT2D eigenvalue weighted by Gasteiger charge is 2.27. The van der Waals surface area contributed by atoms with Crippen LogP contribution in [-0.4, -0.2) is 74.4 Å². The van der Waals surface area contributed by atoms with Crippen molar-refractivity contribution in [1.29, 1.82) is 0 Å². The van der Waals surface area contributed by atoms with Crippen LogP contribution in [0, 0.1) is 5.92 Å². The summed E-state index contributed by atoms with van der Waals surface area (Å²) in [6.45, 7) is 15.8. The van der Waals surface area contributed by atoms with Crippen molar-refractivity contribution in [2.45, 2.75) is 39.3 Å². The molecule has 0 saturated carbocycles. The molecule has 112 valence electrons. The zero-order valence-corrected chi connectivity index (χ0v) is 12.9. The van der Waals surface area contributed by atoms with Crippen LogP contribution in [0.1, 0.15) is 27.2 Å². The van der Waals surface area contributed by atoms with E-state index in [0.29, 0.717) is 12.1 Å². The molecule has 0 spiro atoms. The largest absolute Gasteiger partial charge is 0.379 e. The van der Waals surface area contributed by atoms with Crippen molar-refractivity contribution in [3.8, 4) is 0 Å². The summed E-state index contributed by atoms with van der Waals surface area (Å²) in [7, 11) is 0. The Morgan fingerprint density at radius 2 is 1.89 bits per heavy atom. The number of nitrogens with one attached hydrogen (secondary N) is 1. The molecule has 2 heterocycles. The van der Waals surface area contributed by atoms with Crippen LogP contribution in [0.5, 0.6) is 0 Å². The van der Waals surface area contributed by atoms with Gasteiger partial charge in [-0.2, -0.15) is 0 Å². The van der Waals surface area contributed by atoms with E-state index in [0.717, 1.165) is 32.2 Å². The maximum Gasteiger partial charge on any atom is 0.0594 e. The Morgan fingerprint density at radius 3 is 2.58 bits per heavy atom. The maximum atomic E-state index is 5.41. The fraction of sp³-hybridized carbons (Fsp3) is 1.00. The predicted octanol–water partition coefficient (Wildman–Crippen LogP) is 1.03. The summed E-state index contributed by atoms with van der Waals surface area (Å²) >= 11 is 0. The minimum atomic E-state index is 0.611. The average Bonchev–Trinajstić information content (AvgIpc) is 2.86. The molecule has 2 atom stereocenters. The van der Waals surface area contributed by atoms with Gasteiger partial charge in [0.1, 0.15) is 0 Å². The van der Waals surface area contributed by atoms with Gasteiger partial charge >= 0.3 is 0 Å². The normalized spacial score (nSPS) is 28.1. The van der Waals surface area contributed by atoms with Gasteiger partial charge in [0.25, 0.3) is 0 Å². The molecule has 0 aromatic heterocycles. The van der Waals surface area contributed by atoms with Crippen LogP contribution in [0.2, 0.25) is 0 Å². The fourth-order valence-corrected chi connectivity index (χ4v) is 3.10. The van der Waals surface area contributed by atoms with E-state index in [1.165, 1.54) is 32.6 Å². The van der Waals surface area contributed by atoms with Crippen molar-refractivity contribution in [1.82, 2.24) is 15.1 Å². The monoisotopic (exact) mass is 269 g/mol. The van der Waals surface area contributed by atoms with Gasteiger partial charge in [0.15, 0.2) is 0 Å². The Balaban J connectivity index is 1.67. The number of hydrogen-bond donors (Lipinski definition) is 1. The number of nitrogens with zero attached hydrogens (tertiary/aromatic N) is 2. The molecular formula is C15H31N3O. The van der Waals surface area contributed by atoms with E-state index in [4.69, 9.17) is 4.74 Å². The lowest BCUT2D eigenvalue weighted by Gasteiger charge is -2.33. The van der Waals surface area contributed by atoms with Gasteiger partial charge in [-0.3, -0.25) is 9.80 Å². The second-order valence-electron chi connectivity index (χ2n) is 6.47. The van der Waals surface area contributed by atoms with E-state index in [1.807, 2.05) is 0 Å². The summed E-state index contributed by atoms with van der Waals surface area (Å²) in [5.74, 6) is 0.842. The summed E-state index contributed by atoms with van der Waals surface area (Å²) in [4.78, 5) is 5.22. The number of likely N-dealkylation sites (tertiary alicyclic amines) is 1. The Hall–Kier alpha value is -0.160. The molecule has 0 radical (unpaired) electrons. The minimum Gasteiger partial charge on any atom is -0.379 e. The summed E-state index contributed by atoms with van der Waals surface area (Å²) in [6, 6.07) is 1.29. The lowest BCUT2D eigenvalue weighted by Crippen LogP contribution is -2.45. The number of rotatable bonds is 6. The van der Waals surface area contributed by atoms with E-state index in [2.05, 4.69) is 35.9 Å². The van der Waals surface area contributed by atoms with E-state index in [1.54, 1.807) is 0 Å². The lowest BCUT2D eigenvalue weighted by molar-refractivity contribution is 0.0263. The minimum absolute atomic E-state index is 0.611. The van der Waals surface area contributed by atoms with Gasteiger partial charge in [-0.15, -0.1) is 0 Å². The molecule has 4 heteroatoms. The number of ether oxygens (including phenoxy) is 1. The molecule has 0 amide bonds. The Kier molecular flexibility index (Phi) is 6.07. The van der Waals surface area contributed by atoms with Crippen molar-refractivity contribution < 1.29 is 4.74 Å². The quantitative estimate of drug-likeness (QED) is 0.779. The zero-order chi connectivity index (χ0) is 13.7. The maximum absolute atomic E-state index is 5.41. The molecule has 0 bridgehead atoms. The first-order chi connectivity index (χ1) is 9.15. The first-order valence-corrected chi connectivity index (χ1v) is 7.92. The van der Waals surface area contributed by atoms with Crippen molar-refractivity contribution in [2.75, 3.05) is 52.5 Å². The highest BCUT2D eigenvalue weighted by atomic mass is 16.5.